The van der Waals surface area contributed by atoms with E-state index < -0.39 is 17.5 Å². The van der Waals surface area contributed by atoms with Crippen molar-refractivity contribution in [3.63, 3.8) is 0 Å². The van der Waals surface area contributed by atoms with Crippen molar-refractivity contribution in [3.8, 4) is 0 Å². The summed E-state index contributed by atoms with van der Waals surface area (Å²) in [5.74, 6) is -0.721. The first-order chi connectivity index (χ1) is 13.9. The Kier molecular flexibility index (Phi) is 6.33. The number of benzene rings is 1. The van der Waals surface area contributed by atoms with Gasteiger partial charge in [0.05, 0.1) is 5.69 Å². The molecule has 0 unspecified atom stereocenters. The molecule has 0 fully saturated rings. The highest BCUT2D eigenvalue weighted by molar-refractivity contribution is 7.03. The van der Waals surface area contributed by atoms with Crippen LogP contribution in [-0.2, 0) is 4.79 Å². The molecule has 3 aromatic rings. The maximum absolute atomic E-state index is 13.4. The molecule has 0 saturated carbocycles. The molecule has 0 radical (unpaired) electrons. The molecule has 1 N–H and O–H groups in total. The molecule has 0 aliphatic rings. The van der Waals surface area contributed by atoms with Gasteiger partial charge < -0.3 is 5.32 Å². The quantitative estimate of drug-likeness (QED) is 0.644. The Balaban J connectivity index is 2.12. The van der Waals surface area contributed by atoms with Crippen molar-refractivity contribution in [1.82, 2.24) is 19.9 Å². The smallest absolute Gasteiger partial charge is 0.280 e. The molecule has 1 atom stereocenters. The monoisotopic (exact) mass is 409 g/mol. The number of nitrogens with one attached hydrogen (secondary N) is 1. The number of pyridine rings is 1. The summed E-state index contributed by atoms with van der Waals surface area (Å²) in [5.41, 5.74) is 0.794. The minimum atomic E-state index is -0.960. The third-order valence-electron chi connectivity index (χ3n) is 4.65. The first kappa shape index (κ1) is 20.6. The number of carbonyl (C=O) groups excluding carboxylic acids is 2. The molecule has 2 heterocycles. The number of amides is 2. The van der Waals surface area contributed by atoms with E-state index in [1.807, 2.05) is 39.0 Å². The zero-order valence-corrected chi connectivity index (χ0v) is 17.4. The summed E-state index contributed by atoms with van der Waals surface area (Å²) in [6.45, 7) is 5.88. The van der Waals surface area contributed by atoms with Crippen molar-refractivity contribution < 1.29 is 9.59 Å². The van der Waals surface area contributed by atoms with E-state index in [4.69, 9.17) is 0 Å². The van der Waals surface area contributed by atoms with E-state index >= 15 is 0 Å². The normalized spacial score (nSPS) is 12.2. The maximum atomic E-state index is 13.4. The van der Waals surface area contributed by atoms with Gasteiger partial charge in [-0.25, -0.2) is 0 Å². The topological polar surface area (TPSA) is 88.1 Å². The molecule has 29 heavy (non-hydrogen) atoms. The average molecular weight is 410 g/mol. The lowest BCUT2D eigenvalue weighted by Crippen LogP contribution is -2.50. The van der Waals surface area contributed by atoms with Crippen molar-refractivity contribution in [2.45, 2.75) is 38.8 Å². The van der Waals surface area contributed by atoms with Crippen LogP contribution in [0.15, 0.2) is 60.1 Å². The summed E-state index contributed by atoms with van der Waals surface area (Å²) >= 11 is 1.09. The van der Waals surface area contributed by atoms with Crippen LogP contribution >= 0.6 is 11.5 Å². The molecule has 0 aliphatic heterocycles. The minimum absolute atomic E-state index is 0.183. The predicted molar refractivity (Wildman–Crippen MR) is 113 cm³/mol. The van der Waals surface area contributed by atoms with E-state index in [2.05, 4.69) is 19.9 Å². The number of carbonyl (C=O) groups is 2. The Labute approximate surface area is 174 Å². The summed E-state index contributed by atoms with van der Waals surface area (Å²) in [7, 11) is 0. The Morgan fingerprint density at radius 3 is 2.45 bits per heavy atom. The standard InChI is InChI=1S/C21H23N5O2S/c1-4-21(2,3)23-19(27)18(16-12-8-9-13-22-16)26(15-10-6-5-7-11-15)20(28)17-14-29-25-24-17/h5-14,18H,4H2,1-3H3,(H,23,27)/t18-/m0/s1. The molecule has 0 spiro atoms. The molecule has 150 valence electrons. The Hall–Kier alpha value is -3.13. The fraction of sp³-hybridized carbons (Fsp3) is 0.286. The fourth-order valence-electron chi connectivity index (χ4n) is 2.77. The van der Waals surface area contributed by atoms with Crippen molar-refractivity contribution in [2.24, 2.45) is 0 Å². The largest absolute Gasteiger partial charge is 0.349 e. The number of aromatic nitrogens is 3. The summed E-state index contributed by atoms with van der Waals surface area (Å²) in [5, 5.41) is 8.53. The Bertz CT molecular complexity index is 946. The van der Waals surface area contributed by atoms with Crippen LogP contribution in [-0.4, -0.2) is 31.9 Å². The van der Waals surface area contributed by atoms with E-state index in [9.17, 15) is 9.59 Å². The highest BCUT2D eigenvalue weighted by atomic mass is 32.1. The van der Waals surface area contributed by atoms with Gasteiger partial charge in [0, 0.05) is 22.8 Å². The number of hydrogen-bond donors (Lipinski definition) is 1. The van der Waals surface area contributed by atoms with Gasteiger partial charge in [0.1, 0.15) is 0 Å². The van der Waals surface area contributed by atoms with Crippen molar-refractivity contribution >= 4 is 29.0 Å². The van der Waals surface area contributed by atoms with Gasteiger partial charge in [0.25, 0.3) is 5.91 Å². The lowest BCUT2D eigenvalue weighted by atomic mass is 10.00. The number of anilines is 1. The Morgan fingerprint density at radius 1 is 1.14 bits per heavy atom. The predicted octanol–water partition coefficient (Wildman–Crippen LogP) is 3.63. The second kappa shape index (κ2) is 8.91. The molecule has 3 rings (SSSR count). The van der Waals surface area contributed by atoms with Gasteiger partial charge in [-0.05, 0) is 56.1 Å². The molecular formula is C21H23N5O2S. The summed E-state index contributed by atoms with van der Waals surface area (Å²) in [4.78, 5) is 32.6. The molecule has 8 heteroatoms. The van der Waals surface area contributed by atoms with E-state index in [1.54, 1.807) is 41.9 Å². The Morgan fingerprint density at radius 2 is 1.86 bits per heavy atom. The molecule has 0 aliphatic carbocycles. The van der Waals surface area contributed by atoms with Gasteiger partial charge in [-0.2, -0.15) is 0 Å². The van der Waals surface area contributed by atoms with Gasteiger partial charge in [0.2, 0.25) is 5.91 Å². The van der Waals surface area contributed by atoms with Gasteiger partial charge >= 0.3 is 0 Å². The van der Waals surface area contributed by atoms with Gasteiger partial charge in [-0.1, -0.05) is 35.7 Å². The summed E-state index contributed by atoms with van der Waals surface area (Å²) < 4.78 is 3.80. The molecule has 0 bridgehead atoms. The summed E-state index contributed by atoms with van der Waals surface area (Å²) in [6, 6.07) is 13.4. The lowest BCUT2D eigenvalue weighted by Gasteiger charge is -2.33. The highest BCUT2D eigenvalue weighted by Crippen LogP contribution is 2.29. The summed E-state index contributed by atoms with van der Waals surface area (Å²) in [6.07, 6.45) is 2.35. The van der Waals surface area contributed by atoms with Gasteiger partial charge in [-0.3, -0.25) is 19.5 Å². The number of nitrogens with zero attached hydrogens (tertiary/aromatic N) is 4. The number of rotatable bonds is 7. The van der Waals surface area contributed by atoms with Crippen LogP contribution in [0.25, 0.3) is 0 Å². The van der Waals surface area contributed by atoms with Crippen LogP contribution in [0.2, 0.25) is 0 Å². The van der Waals surface area contributed by atoms with E-state index in [1.165, 1.54) is 4.90 Å². The van der Waals surface area contributed by atoms with E-state index in [0.29, 0.717) is 11.4 Å². The van der Waals surface area contributed by atoms with Crippen LogP contribution < -0.4 is 10.2 Å². The SMILES string of the molecule is CCC(C)(C)NC(=O)[C@H](c1ccccn1)N(C(=O)c1csnn1)c1ccccc1. The number of hydrogen-bond acceptors (Lipinski definition) is 6. The molecule has 2 amide bonds. The van der Waals surface area contributed by atoms with Gasteiger partial charge in [0.15, 0.2) is 11.7 Å². The fourth-order valence-corrected chi connectivity index (χ4v) is 3.20. The van der Waals surface area contributed by atoms with Crippen molar-refractivity contribution in [2.75, 3.05) is 4.90 Å². The zero-order valence-electron chi connectivity index (χ0n) is 16.6. The van der Waals surface area contributed by atoms with Crippen molar-refractivity contribution in [1.29, 1.82) is 0 Å². The molecule has 1 aromatic carbocycles. The van der Waals surface area contributed by atoms with E-state index in [-0.39, 0.29) is 11.6 Å². The van der Waals surface area contributed by atoms with Crippen LogP contribution in [0.3, 0.4) is 0 Å². The molecular weight excluding hydrogens is 386 g/mol. The van der Waals surface area contributed by atoms with Crippen molar-refractivity contribution in [3.05, 3.63) is 71.5 Å². The van der Waals surface area contributed by atoms with Crippen LogP contribution in [0.5, 0.6) is 0 Å². The minimum Gasteiger partial charge on any atom is -0.349 e. The molecule has 0 saturated heterocycles. The van der Waals surface area contributed by atoms with Gasteiger partial charge in [-0.15, -0.1) is 5.10 Å². The maximum Gasteiger partial charge on any atom is 0.280 e. The second-order valence-electron chi connectivity index (χ2n) is 7.18. The molecule has 2 aromatic heterocycles. The molecule has 7 nitrogen and oxygen atoms in total. The average Bonchev–Trinajstić information content (AvgIpc) is 3.27. The van der Waals surface area contributed by atoms with Crippen LogP contribution in [0, 0.1) is 0 Å². The second-order valence-corrected chi connectivity index (χ2v) is 7.79. The van der Waals surface area contributed by atoms with E-state index in [0.717, 1.165) is 18.0 Å². The first-order valence-electron chi connectivity index (χ1n) is 9.31. The number of para-hydroxylation sites is 1. The highest BCUT2D eigenvalue weighted by Gasteiger charge is 2.36. The third kappa shape index (κ3) is 4.83. The third-order valence-corrected chi connectivity index (χ3v) is 5.16. The van der Waals surface area contributed by atoms with Crippen LogP contribution in [0.1, 0.15) is 49.4 Å². The first-order valence-corrected chi connectivity index (χ1v) is 10.1. The lowest BCUT2D eigenvalue weighted by molar-refractivity contribution is -0.124. The zero-order chi connectivity index (χ0) is 20.9. The van der Waals surface area contributed by atoms with Crippen LogP contribution in [0.4, 0.5) is 5.69 Å².